The molecule has 0 saturated carbocycles. The van der Waals surface area contributed by atoms with Crippen molar-refractivity contribution in [3.8, 4) is 0 Å². The maximum Gasteiger partial charge on any atom is 0.255 e. The molecule has 2 aromatic rings. The first kappa shape index (κ1) is 20.1. The molecule has 5 heteroatoms. The minimum absolute atomic E-state index is 0.0147. The lowest BCUT2D eigenvalue weighted by atomic mass is 9.86. The van der Waals surface area contributed by atoms with Crippen LogP contribution in [0.15, 0.2) is 48.8 Å². The summed E-state index contributed by atoms with van der Waals surface area (Å²) in [7, 11) is 0. The second-order valence-corrected chi connectivity index (χ2v) is 8.36. The second-order valence-electron chi connectivity index (χ2n) is 8.36. The standard InChI is InChI=1S/C23H29N3O2/c1-23(2,3)20-9-6-18(7-10-20)8-11-21(27)25-13-15-26(16-14-25)22(28)19-5-4-12-24-17-19/h4-7,9-10,12,17H,8,11,13-16H2,1-3H3. The van der Waals surface area contributed by atoms with Crippen LogP contribution < -0.4 is 0 Å². The van der Waals surface area contributed by atoms with E-state index in [9.17, 15) is 9.59 Å². The van der Waals surface area contributed by atoms with E-state index >= 15 is 0 Å². The lowest BCUT2D eigenvalue weighted by Gasteiger charge is -2.34. The van der Waals surface area contributed by atoms with Crippen LogP contribution in [-0.2, 0) is 16.6 Å². The Labute approximate surface area is 167 Å². The molecule has 1 aliphatic heterocycles. The third-order valence-electron chi connectivity index (χ3n) is 5.28. The molecule has 0 radical (unpaired) electrons. The highest BCUT2D eigenvalue weighted by Crippen LogP contribution is 2.22. The summed E-state index contributed by atoms with van der Waals surface area (Å²) in [6, 6.07) is 12.1. The van der Waals surface area contributed by atoms with Crippen molar-refractivity contribution in [2.24, 2.45) is 0 Å². The zero-order chi connectivity index (χ0) is 20.1. The molecule has 0 atom stereocenters. The zero-order valence-electron chi connectivity index (χ0n) is 17.0. The van der Waals surface area contributed by atoms with Crippen LogP contribution >= 0.6 is 0 Å². The maximum absolute atomic E-state index is 12.6. The minimum Gasteiger partial charge on any atom is -0.339 e. The average molecular weight is 380 g/mol. The van der Waals surface area contributed by atoms with Crippen LogP contribution in [0.4, 0.5) is 0 Å². The molecular weight excluding hydrogens is 350 g/mol. The summed E-state index contributed by atoms with van der Waals surface area (Å²) in [5.41, 5.74) is 3.23. The van der Waals surface area contributed by atoms with Crippen LogP contribution in [0, 0.1) is 0 Å². The lowest BCUT2D eigenvalue weighted by Crippen LogP contribution is -2.50. The van der Waals surface area contributed by atoms with E-state index < -0.39 is 0 Å². The molecule has 1 aliphatic rings. The molecule has 1 aromatic heterocycles. The van der Waals surface area contributed by atoms with Gasteiger partial charge in [-0.2, -0.15) is 0 Å². The Morgan fingerprint density at radius 2 is 1.61 bits per heavy atom. The third-order valence-corrected chi connectivity index (χ3v) is 5.28. The maximum atomic E-state index is 12.6. The number of nitrogens with zero attached hydrogens (tertiary/aromatic N) is 3. The number of aromatic nitrogens is 1. The van der Waals surface area contributed by atoms with Crippen LogP contribution in [0.2, 0.25) is 0 Å². The zero-order valence-corrected chi connectivity index (χ0v) is 17.0. The molecule has 1 aromatic carbocycles. The number of piperazine rings is 1. The molecule has 0 aliphatic carbocycles. The van der Waals surface area contributed by atoms with Gasteiger partial charge in [-0.3, -0.25) is 14.6 Å². The van der Waals surface area contributed by atoms with Crippen LogP contribution in [-0.4, -0.2) is 52.8 Å². The van der Waals surface area contributed by atoms with Gasteiger partial charge in [-0.15, -0.1) is 0 Å². The van der Waals surface area contributed by atoms with Crippen LogP contribution in [0.1, 0.15) is 48.7 Å². The van der Waals surface area contributed by atoms with Gasteiger partial charge >= 0.3 is 0 Å². The fourth-order valence-corrected chi connectivity index (χ4v) is 3.41. The van der Waals surface area contributed by atoms with Crippen LogP contribution in [0.5, 0.6) is 0 Å². The van der Waals surface area contributed by atoms with Crippen molar-refractivity contribution in [1.82, 2.24) is 14.8 Å². The quantitative estimate of drug-likeness (QED) is 0.819. The van der Waals surface area contributed by atoms with Crippen molar-refractivity contribution >= 4 is 11.8 Å². The Hall–Kier alpha value is -2.69. The Kier molecular flexibility index (Phi) is 6.12. The van der Waals surface area contributed by atoms with Gasteiger partial charge in [-0.05, 0) is 35.1 Å². The SMILES string of the molecule is CC(C)(C)c1ccc(CCC(=O)N2CCN(C(=O)c3cccnc3)CC2)cc1. The number of carbonyl (C=O) groups is 2. The van der Waals surface area contributed by atoms with Gasteiger partial charge in [0, 0.05) is 45.0 Å². The van der Waals surface area contributed by atoms with Crippen molar-refractivity contribution in [3.05, 3.63) is 65.5 Å². The molecule has 28 heavy (non-hydrogen) atoms. The first-order valence-corrected chi connectivity index (χ1v) is 9.91. The highest BCUT2D eigenvalue weighted by Gasteiger charge is 2.24. The van der Waals surface area contributed by atoms with E-state index in [1.54, 1.807) is 29.4 Å². The first-order chi connectivity index (χ1) is 13.3. The molecule has 3 rings (SSSR count). The molecule has 0 spiro atoms. The fraction of sp³-hybridized carbons (Fsp3) is 0.435. The predicted octanol–water partition coefficient (Wildman–Crippen LogP) is 3.30. The monoisotopic (exact) mass is 379 g/mol. The first-order valence-electron chi connectivity index (χ1n) is 9.91. The molecule has 1 saturated heterocycles. The summed E-state index contributed by atoms with van der Waals surface area (Å²) in [4.78, 5) is 32.7. The van der Waals surface area contributed by atoms with Gasteiger partial charge in [0.15, 0.2) is 0 Å². The van der Waals surface area contributed by atoms with E-state index in [1.165, 1.54) is 11.1 Å². The van der Waals surface area contributed by atoms with Crippen molar-refractivity contribution in [2.45, 2.75) is 39.0 Å². The average Bonchev–Trinajstić information content (AvgIpc) is 2.72. The number of pyridine rings is 1. The summed E-state index contributed by atoms with van der Waals surface area (Å²) >= 11 is 0. The molecular formula is C23H29N3O2. The van der Waals surface area contributed by atoms with Gasteiger partial charge in [0.25, 0.3) is 5.91 Å². The number of hydrogen-bond donors (Lipinski definition) is 0. The fourth-order valence-electron chi connectivity index (χ4n) is 3.41. The van der Waals surface area contributed by atoms with Crippen molar-refractivity contribution < 1.29 is 9.59 Å². The molecule has 0 bridgehead atoms. The van der Waals surface area contributed by atoms with Crippen LogP contribution in [0.3, 0.4) is 0 Å². The highest BCUT2D eigenvalue weighted by atomic mass is 16.2. The van der Waals surface area contributed by atoms with Gasteiger partial charge in [-0.25, -0.2) is 0 Å². The number of rotatable bonds is 4. The van der Waals surface area contributed by atoms with E-state index in [0.29, 0.717) is 38.2 Å². The van der Waals surface area contributed by atoms with E-state index in [2.05, 4.69) is 50.0 Å². The molecule has 2 heterocycles. The van der Waals surface area contributed by atoms with Gasteiger partial charge in [-0.1, -0.05) is 45.0 Å². The topological polar surface area (TPSA) is 53.5 Å². The molecule has 148 valence electrons. The van der Waals surface area contributed by atoms with Crippen molar-refractivity contribution in [1.29, 1.82) is 0 Å². The van der Waals surface area contributed by atoms with Gasteiger partial charge in [0.2, 0.25) is 5.91 Å². The predicted molar refractivity (Wildman–Crippen MR) is 110 cm³/mol. The number of aryl methyl sites for hydroxylation is 1. The Morgan fingerprint density at radius 1 is 0.964 bits per heavy atom. The molecule has 0 N–H and O–H groups in total. The Bertz CT molecular complexity index is 802. The largest absolute Gasteiger partial charge is 0.339 e. The number of benzene rings is 1. The van der Waals surface area contributed by atoms with Crippen LogP contribution in [0.25, 0.3) is 0 Å². The molecule has 2 amide bonds. The van der Waals surface area contributed by atoms with E-state index in [0.717, 1.165) is 6.42 Å². The van der Waals surface area contributed by atoms with E-state index in [-0.39, 0.29) is 17.2 Å². The summed E-state index contributed by atoms with van der Waals surface area (Å²) in [6.45, 7) is 8.92. The minimum atomic E-state index is -0.0147. The Morgan fingerprint density at radius 3 is 2.18 bits per heavy atom. The summed E-state index contributed by atoms with van der Waals surface area (Å²) in [5.74, 6) is 0.146. The molecule has 0 unspecified atom stereocenters. The summed E-state index contributed by atoms with van der Waals surface area (Å²) < 4.78 is 0. The van der Waals surface area contributed by atoms with Crippen molar-refractivity contribution in [3.63, 3.8) is 0 Å². The van der Waals surface area contributed by atoms with Crippen molar-refractivity contribution in [2.75, 3.05) is 26.2 Å². The number of hydrogen-bond acceptors (Lipinski definition) is 3. The van der Waals surface area contributed by atoms with Gasteiger partial charge in [0.05, 0.1) is 5.56 Å². The smallest absolute Gasteiger partial charge is 0.255 e. The Balaban J connectivity index is 1.47. The number of amides is 2. The normalized spacial score (nSPS) is 14.8. The van der Waals surface area contributed by atoms with Gasteiger partial charge < -0.3 is 9.80 Å². The third kappa shape index (κ3) is 4.97. The summed E-state index contributed by atoms with van der Waals surface area (Å²) in [5, 5.41) is 0. The number of carbonyl (C=O) groups excluding carboxylic acids is 2. The highest BCUT2D eigenvalue weighted by molar-refractivity contribution is 5.94. The summed E-state index contributed by atoms with van der Waals surface area (Å²) in [6.07, 6.45) is 4.50. The second kappa shape index (κ2) is 8.55. The van der Waals surface area contributed by atoms with Gasteiger partial charge in [0.1, 0.15) is 0 Å². The molecule has 1 fully saturated rings. The molecule has 5 nitrogen and oxygen atoms in total. The van der Waals surface area contributed by atoms with E-state index in [4.69, 9.17) is 0 Å². The van der Waals surface area contributed by atoms with E-state index in [1.807, 2.05) is 4.90 Å². The lowest BCUT2D eigenvalue weighted by molar-refractivity contribution is -0.132.